The van der Waals surface area contributed by atoms with Gasteiger partial charge in [-0.3, -0.25) is 4.79 Å². The van der Waals surface area contributed by atoms with Crippen molar-refractivity contribution in [2.75, 3.05) is 0 Å². The van der Waals surface area contributed by atoms with E-state index in [9.17, 15) is 9.90 Å². The van der Waals surface area contributed by atoms with Crippen molar-refractivity contribution >= 4 is 44.9 Å². The summed E-state index contributed by atoms with van der Waals surface area (Å²) < 4.78 is 0.499. The Labute approximate surface area is 100.0 Å². The van der Waals surface area contributed by atoms with Crippen LogP contribution in [0.1, 0.15) is 23.7 Å². The largest absolute Gasteiger partial charge is 0.506 e. The molecule has 0 fully saturated rings. The monoisotopic (exact) mass is 296 g/mol. The Bertz CT molecular complexity index is 365. The van der Waals surface area contributed by atoms with Crippen molar-refractivity contribution < 1.29 is 9.90 Å². The molecule has 0 heterocycles. The standard InChI is InChI=1S/C9H7BrCl2O2/c1-2-6(13)7-8(12)4(10)3-5(11)9(7)14/h3,14H,2H2,1H3. The van der Waals surface area contributed by atoms with Gasteiger partial charge in [0.2, 0.25) is 0 Å². The lowest BCUT2D eigenvalue weighted by Crippen LogP contribution is -1.99. The SMILES string of the molecule is CCC(=O)c1c(O)c(Cl)cc(Br)c1Cl. The van der Waals surface area contributed by atoms with E-state index in [4.69, 9.17) is 23.2 Å². The van der Waals surface area contributed by atoms with Crippen LogP contribution in [-0.2, 0) is 0 Å². The number of ketones is 1. The second-order valence-electron chi connectivity index (χ2n) is 2.65. The van der Waals surface area contributed by atoms with Crippen molar-refractivity contribution in [3.05, 3.63) is 26.1 Å². The van der Waals surface area contributed by atoms with Crippen molar-refractivity contribution in [2.24, 2.45) is 0 Å². The summed E-state index contributed by atoms with van der Waals surface area (Å²) in [7, 11) is 0. The number of hydrogen-bond donors (Lipinski definition) is 1. The van der Waals surface area contributed by atoms with Gasteiger partial charge in [0.05, 0.1) is 15.6 Å². The Morgan fingerprint density at radius 2 is 2.14 bits per heavy atom. The van der Waals surface area contributed by atoms with Crippen molar-refractivity contribution in [3.8, 4) is 5.75 Å². The molecular formula is C9H7BrCl2O2. The topological polar surface area (TPSA) is 37.3 Å². The highest BCUT2D eigenvalue weighted by Crippen LogP contribution is 2.38. The van der Waals surface area contributed by atoms with Gasteiger partial charge in [-0.2, -0.15) is 0 Å². The summed E-state index contributed by atoms with van der Waals surface area (Å²) in [6, 6.07) is 1.45. The summed E-state index contributed by atoms with van der Waals surface area (Å²) in [6.45, 7) is 1.69. The van der Waals surface area contributed by atoms with E-state index in [1.807, 2.05) is 0 Å². The van der Waals surface area contributed by atoms with E-state index < -0.39 is 0 Å². The van der Waals surface area contributed by atoms with Crippen LogP contribution in [-0.4, -0.2) is 10.9 Å². The zero-order valence-corrected chi connectivity index (χ0v) is 10.4. The first kappa shape index (κ1) is 11.8. The minimum Gasteiger partial charge on any atom is -0.506 e. The molecule has 14 heavy (non-hydrogen) atoms. The molecule has 76 valence electrons. The summed E-state index contributed by atoms with van der Waals surface area (Å²) in [5, 5.41) is 9.85. The van der Waals surface area contributed by atoms with Crippen molar-refractivity contribution in [2.45, 2.75) is 13.3 Å². The van der Waals surface area contributed by atoms with Gasteiger partial charge in [0.25, 0.3) is 0 Å². The van der Waals surface area contributed by atoms with E-state index in [1.165, 1.54) is 6.07 Å². The molecule has 0 amide bonds. The molecule has 0 aliphatic carbocycles. The number of rotatable bonds is 2. The van der Waals surface area contributed by atoms with Crippen molar-refractivity contribution in [1.82, 2.24) is 0 Å². The highest BCUT2D eigenvalue weighted by molar-refractivity contribution is 9.10. The van der Waals surface area contributed by atoms with E-state index in [2.05, 4.69) is 15.9 Å². The van der Waals surface area contributed by atoms with Crippen molar-refractivity contribution in [3.63, 3.8) is 0 Å². The van der Waals surface area contributed by atoms with E-state index in [0.29, 0.717) is 4.47 Å². The number of hydrogen-bond acceptors (Lipinski definition) is 2. The van der Waals surface area contributed by atoms with E-state index >= 15 is 0 Å². The molecule has 5 heteroatoms. The highest BCUT2D eigenvalue weighted by Gasteiger charge is 2.19. The van der Waals surface area contributed by atoms with Gasteiger partial charge < -0.3 is 5.11 Å². The smallest absolute Gasteiger partial charge is 0.167 e. The third-order valence-electron chi connectivity index (χ3n) is 1.75. The lowest BCUT2D eigenvalue weighted by molar-refractivity contribution is 0.0985. The van der Waals surface area contributed by atoms with E-state index in [-0.39, 0.29) is 33.6 Å². The van der Waals surface area contributed by atoms with E-state index in [0.717, 1.165) is 0 Å². The lowest BCUT2D eigenvalue weighted by Gasteiger charge is -2.08. The summed E-state index contributed by atoms with van der Waals surface area (Å²) in [4.78, 5) is 11.4. The van der Waals surface area contributed by atoms with Crippen LogP contribution < -0.4 is 0 Å². The Morgan fingerprint density at radius 1 is 1.57 bits per heavy atom. The maximum atomic E-state index is 11.4. The van der Waals surface area contributed by atoms with Crippen LogP contribution in [0.4, 0.5) is 0 Å². The van der Waals surface area contributed by atoms with Crippen LogP contribution in [0.5, 0.6) is 5.75 Å². The average molecular weight is 298 g/mol. The predicted octanol–water partition coefficient (Wildman–Crippen LogP) is 4.05. The van der Waals surface area contributed by atoms with Crippen LogP contribution >= 0.6 is 39.1 Å². The molecular weight excluding hydrogens is 291 g/mol. The molecule has 0 saturated carbocycles. The molecule has 1 rings (SSSR count). The average Bonchev–Trinajstić information content (AvgIpc) is 2.15. The fourth-order valence-electron chi connectivity index (χ4n) is 1.02. The van der Waals surface area contributed by atoms with Gasteiger partial charge in [0.1, 0.15) is 5.75 Å². The van der Waals surface area contributed by atoms with Gasteiger partial charge in [-0.1, -0.05) is 30.1 Å². The molecule has 0 unspecified atom stereocenters. The summed E-state index contributed by atoms with van der Waals surface area (Å²) in [5.74, 6) is -0.498. The number of benzene rings is 1. The molecule has 0 aliphatic heterocycles. The quantitative estimate of drug-likeness (QED) is 0.660. The second-order valence-corrected chi connectivity index (χ2v) is 4.29. The molecule has 0 bridgehead atoms. The van der Waals surface area contributed by atoms with Crippen LogP contribution in [0.3, 0.4) is 0 Å². The molecule has 0 aliphatic rings. The first-order valence-corrected chi connectivity index (χ1v) is 5.43. The minimum atomic E-state index is -0.258. The fraction of sp³-hybridized carbons (Fsp3) is 0.222. The number of phenols is 1. The summed E-state index contributed by atoms with van der Waals surface area (Å²) in [6.07, 6.45) is 0.264. The second kappa shape index (κ2) is 4.51. The minimum absolute atomic E-state index is 0.0774. The van der Waals surface area contributed by atoms with Gasteiger partial charge in [0.15, 0.2) is 5.78 Å². The Balaban J connectivity index is 3.47. The van der Waals surface area contributed by atoms with Crippen LogP contribution in [0.25, 0.3) is 0 Å². The number of Topliss-reactive ketones (excluding diaryl/α,β-unsaturated/α-hetero) is 1. The maximum absolute atomic E-state index is 11.4. The molecule has 0 spiro atoms. The van der Waals surface area contributed by atoms with Crippen LogP contribution in [0, 0.1) is 0 Å². The van der Waals surface area contributed by atoms with Gasteiger partial charge >= 0.3 is 0 Å². The fourth-order valence-corrected chi connectivity index (χ4v) is 2.03. The Kier molecular flexibility index (Phi) is 3.81. The molecule has 1 N–H and O–H groups in total. The van der Waals surface area contributed by atoms with Gasteiger partial charge in [-0.05, 0) is 22.0 Å². The number of aromatic hydroxyl groups is 1. The zero-order valence-electron chi connectivity index (χ0n) is 7.27. The summed E-state index contributed by atoms with van der Waals surface area (Å²) in [5.41, 5.74) is 0.0774. The molecule has 1 aromatic carbocycles. The Hall–Kier alpha value is -0.250. The molecule has 0 radical (unpaired) electrons. The Morgan fingerprint density at radius 3 is 2.64 bits per heavy atom. The molecule has 0 atom stereocenters. The molecule has 1 aromatic rings. The first-order chi connectivity index (χ1) is 6.49. The van der Waals surface area contributed by atoms with Gasteiger partial charge in [-0.15, -0.1) is 0 Å². The normalized spacial score (nSPS) is 10.3. The molecule has 2 nitrogen and oxygen atoms in total. The van der Waals surface area contributed by atoms with Gasteiger partial charge in [0, 0.05) is 10.9 Å². The summed E-state index contributed by atoms with van der Waals surface area (Å²) >= 11 is 14.7. The van der Waals surface area contributed by atoms with E-state index in [1.54, 1.807) is 6.92 Å². The number of carbonyl (C=O) groups excluding carboxylic acids is 1. The highest BCUT2D eigenvalue weighted by atomic mass is 79.9. The molecule has 0 saturated heterocycles. The maximum Gasteiger partial charge on any atom is 0.167 e. The third-order valence-corrected chi connectivity index (χ3v) is 3.28. The van der Waals surface area contributed by atoms with Crippen molar-refractivity contribution in [1.29, 1.82) is 0 Å². The third kappa shape index (κ3) is 2.05. The van der Waals surface area contributed by atoms with Gasteiger partial charge in [-0.25, -0.2) is 0 Å². The number of halogens is 3. The lowest BCUT2D eigenvalue weighted by atomic mass is 10.1. The zero-order chi connectivity index (χ0) is 10.9. The van der Waals surface area contributed by atoms with Crippen LogP contribution in [0.15, 0.2) is 10.5 Å². The van der Waals surface area contributed by atoms with Crippen LogP contribution in [0.2, 0.25) is 10.0 Å². The number of carbonyl (C=O) groups is 1. The first-order valence-electron chi connectivity index (χ1n) is 3.88. The number of phenolic OH excluding ortho intramolecular Hbond substituents is 1. The molecule has 0 aromatic heterocycles. The predicted molar refractivity (Wildman–Crippen MR) is 60.4 cm³/mol.